The zero-order valence-electron chi connectivity index (χ0n) is 11.2. The molecular weight excluding hydrogens is 245 g/mol. The number of hydrogen-bond acceptors (Lipinski definition) is 3. The van der Waals surface area contributed by atoms with Crippen LogP contribution in [0.4, 0.5) is 4.39 Å². The van der Waals surface area contributed by atoms with Gasteiger partial charge in [0.25, 0.3) is 0 Å². The first-order valence-electron chi connectivity index (χ1n) is 6.31. The van der Waals surface area contributed by atoms with Crippen molar-refractivity contribution in [2.75, 3.05) is 7.05 Å². The highest BCUT2D eigenvalue weighted by Gasteiger charge is 2.11. The molecule has 19 heavy (non-hydrogen) atoms. The van der Waals surface area contributed by atoms with Crippen LogP contribution in [-0.4, -0.2) is 16.6 Å². The zero-order valence-corrected chi connectivity index (χ0v) is 11.2. The molecule has 0 atom stereocenters. The van der Waals surface area contributed by atoms with Gasteiger partial charge in [0.2, 0.25) is 0 Å². The van der Waals surface area contributed by atoms with Gasteiger partial charge in [0, 0.05) is 31.0 Å². The van der Waals surface area contributed by atoms with E-state index < -0.39 is 0 Å². The lowest BCUT2D eigenvalue weighted by Crippen LogP contribution is -2.10. The molecule has 2 aromatic rings. The zero-order chi connectivity index (χ0) is 13.7. The number of aromatic nitrogens is 2. The summed E-state index contributed by atoms with van der Waals surface area (Å²) in [6, 6.07) is 4.93. The number of ether oxygens (including phenoxy) is 1. The van der Waals surface area contributed by atoms with E-state index >= 15 is 0 Å². The van der Waals surface area contributed by atoms with Crippen LogP contribution < -0.4 is 10.1 Å². The first-order chi connectivity index (χ1) is 9.26. The van der Waals surface area contributed by atoms with Gasteiger partial charge in [-0.2, -0.15) is 0 Å². The van der Waals surface area contributed by atoms with Gasteiger partial charge in [-0.1, -0.05) is 12.1 Å². The number of nitrogens with zero attached hydrogens (tertiary/aromatic N) is 2. The van der Waals surface area contributed by atoms with E-state index in [1.54, 1.807) is 12.3 Å². The molecule has 0 aliphatic heterocycles. The molecule has 0 aliphatic carbocycles. The van der Waals surface area contributed by atoms with Crippen LogP contribution in [-0.2, 0) is 19.7 Å². The topological polar surface area (TPSA) is 39.1 Å². The number of imidazole rings is 1. The molecule has 0 radical (unpaired) electrons. The molecule has 4 nitrogen and oxygen atoms in total. The fourth-order valence-electron chi connectivity index (χ4n) is 1.95. The van der Waals surface area contributed by atoms with Gasteiger partial charge in [-0.3, -0.25) is 0 Å². The number of aryl methyl sites for hydroxylation is 1. The standard InChI is InChI=1S/C14H18FN3O/c1-3-18-8-7-17-13(18)10-19-14-11(9-16-2)5-4-6-12(14)15/h4-8,16H,3,9-10H2,1-2H3. The Morgan fingerprint density at radius 1 is 1.42 bits per heavy atom. The summed E-state index contributed by atoms with van der Waals surface area (Å²) in [5.41, 5.74) is 0.803. The average molecular weight is 263 g/mol. The first-order valence-corrected chi connectivity index (χ1v) is 6.31. The average Bonchev–Trinajstić information content (AvgIpc) is 2.86. The van der Waals surface area contributed by atoms with E-state index in [0.717, 1.165) is 17.9 Å². The molecule has 0 fully saturated rings. The highest BCUT2D eigenvalue weighted by Crippen LogP contribution is 2.23. The molecule has 1 aromatic heterocycles. The summed E-state index contributed by atoms with van der Waals surface area (Å²) in [6.07, 6.45) is 3.60. The van der Waals surface area contributed by atoms with E-state index in [4.69, 9.17) is 4.74 Å². The van der Waals surface area contributed by atoms with Crippen LogP contribution in [0.25, 0.3) is 0 Å². The van der Waals surface area contributed by atoms with Crippen LogP contribution in [0.2, 0.25) is 0 Å². The molecule has 1 heterocycles. The normalized spacial score (nSPS) is 10.7. The van der Waals surface area contributed by atoms with E-state index in [9.17, 15) is 4.39 Å². The van der Waals surface area contributed by atoms with Crippen molar-refractivity contribution in [3.63, 3.8) is 0 Å². The van der Waals surface area contributed by atoms with E-state index in [1.807, 2.05) is 30.8 Å². The predicted octanol–water partition coefficient (Wildman–Crippen LogP) is 2.34. The van der Waals surface area contributed by atoms with Gasteiger partial charge in [0.05, 0.1) is 0 Å². The Labute approximate surface area is 112 Å². The maximum Gasteiger partial charge on any atom is 0.165 e. The van der Waals surface area contributed by atoms with Crippen molar-refractivity contribution in [3.05, 3.63) is 47.8 Å². The summed E-state index contributed by atoms with van der Waals surface area (Å²) in [4.78, 5) is 4.21. The molecule has 0 spiro atoms. The lowest BCUT2D eigenvalue weighted by molar-refractivity contribution is 0.272. The van der Waals surface area contributed by atoms with Gasteiger partial charge in [-0.15, -0.1) is 0 Å². The van der Waals surface area contributed by atoms with Crippen LogP contribution in [0.5, 0.6) is 5.75 Å². The lowest BCUT2D eigenvalue weighted by Gasteiger charge is -2.12. The molecule has 1 N–H and O–H groups in total. The van der Waals surface area contributed by atoms with Crippen molar-refractivity contribution in [2.45, 2.75) is 26.6 Å². The Kier molecular flexibility index (Phi) is 4.52. The van der Waals surface area contributed by atoms with Gasteiger partial charge < -0.3 is 14.6 Å². The van der Waals surface area contributed by atoms with Crippen LogP contribution >= 0.6 is 0 Å². The van der Waals surface area contributed by atoms with Crippen molar-refractivity contribution >= 4 is 0 Å². The SMILES string of the molecule is CCn1ccnc1COc1c(F)cccc1CNC. The van der Waals surface area contributed by atoms with Crippen molar-refractivity contribution in [2.24, 2.45) is 0 Å². The van der Waals surface area contributed by atoms with Gasteiger partial charge >= 0.3 is 0 Å². The quantitative estimate of drug-likeness (QED) is 0.869. The fourth-order valence-corrected chi connectivity index (χ4v) is 1.95. The number of nitrogens with one attached hydrogen (secondary N) is 1. The van der Waals surface area contributed by atoms with E-state index in [2.05, 4.69) is 10.3 Å². The van der Waals surface area contributed by atoms with Crippen molar-refractivity contribution < 1.29 is 9.13 Å². The van der Waals surface area contributed by atoms with E-state index in [0.29, 0.717) is 12.3 Å². The summed E-state index contributed by atoms with van der Waals surface area (Å²) in [5.74, 6) is 0.742. The van der Waals surface area contributed by atoms with Crippen molar-refractivity contribution in [1.82, 2.24) is 14.9 Å². The molecule has 0 unspecified atom stereocenters. The number of para-hydroxylation sites is 1. The van der Waals surface area contributed by atoms with Gasteiger partial charge in [0.1, 0.15) is 12.4 Å². The minimum Gasteiger partial charge on any atom is -0.482 e. The third-order valence-electron chi connectivity index (χ3n) is 2.90. The summed E-state index contributed by atoms with van der Waals surface area (Å²) < 4.78 is 21.4. The Morgan fingerprint density at radius 2 is 2.26 bits per heavy atom. The molecule has 1 aromatic carbocycles. The number of halogens is 1. The smallest absolute Gasteiger partial charge is 0.165 e. The van der Waals surface area contributed by atoms with Crippen LogP contribution in [0.1, 0.15) is 18.3 Å². The molecule has 0 bridgehead atoms. The van der Waals surface area contributed by atoms with Crippen molar-refractivity contribution in [3.8, 4) is 5.75 Å². The van der Waals surface area contributed by atoms with Crippen molar-refractivity contribution in [1.29, 1.82) is 0 Å². The summed E-state index contributed by atoms with van der Waals surface area (Å²) >= 11 is 0. The second-order valence-electron chi connectivity index (χ2n) is 4.18. The Morgan fingerprint density at radius 3 is 3.00 bits per heavy atom. The van der Waals surface area contributed by atoms with Crippen LogP contribution in [0, 0.1) is 5.82 Å². The second-order valence-corrected chi connectivity index (χ2v) is 4.18. The lowest BCUT2D eigenvalue weighted by atomic mass is 10.2. The van der Waals surface area contributed by atoms with Gasteiger partial charge in [-0.25, -0.2) is 9.37 Å². The monoisotopic (exact) mass is 263 g/mol. The second kappa shape index (κ2) is 6.33. The number of benzene rings is 1. The predicted molar refractivity (Wildman–Crippen MR) is 71.4 cm³/mol. The Bertz CT molecular complexity index is 539. The van der Waals surface area contributed by atoms with Gasteiger partial charge in [0.15, 0.2) is 11.6 Å². The number of rotatable bonds is 6. The molecule has 0 amide bonds. The first kappa shape index (κ1) is 13.5. The van der Waals surface area contributed by atoms with Crippen LogP contribution in [0.3, 0.4) is 0 Å². The fraction of sp³-hybridized carbons (Fsp3) is 0.357. The molecular formula is C14H18FN3O. The molecule has 102 valence electrons. The molecule has 2 rings (SSSR count). The molecule has 5 heteroatoms. The Hall–Kier alpha value is -1.88. The highest BCUT2D eigenvalue weighted by atomic mass is 19.1. The summed E-state index contributed by atoms with van der Waals surface area (Å²) in [7, 11) is 1.82. The molecule has 0 aliphatic rings. The van der Waals surface area contributed by atoms with E-state index in [1.165, 1.54) is 6.07 Å². The largest absolute Gasteiger partial charge is 0.482 e. The minimum absolute atomic E-state index is 0.262. The summed E-state index contributed by atoms with van der Waals surface area (Å²) in [6.45, 7) is 3.67. The number of hydrogen-bond donors (Lipinski definition) is 1. The van der Waals surface area contributed by atoms with Gasteiger partial charge in [-0.05, 0) is 20.0 Å². The highest BCUT2D eigenvalue weighted by molar-refractivity contribution is 5.34. The summed E-state index contributed by atoms with van der Waals surface area (Å²) in [5, 5.41) is 3.00. The molecule has 0 saturated carbocycles. The third kappa shape index (κ3) is 3.12. The van der Waals surface area contributed by atoms with Crippen LogP contribution in [0.15, 0.2) is 30.6 Å². The maximum atomic E-state index is 13.8. The maximum absolute atomic E-state index is 13.8. The molecule has 0 saturated heterocycles. The minimum atomic E-state index is -0.345. The van der Waals surface area contributed by atoms with E-state index in [-0.39, 0.29) is 12.4 Å². The third-order valence-corrected chi connectivity index (χ3v) is 2.90. The Balaban J connectivity index is 2.15.